The number of thiazole rings is 1. The van der Waals surface area contributed by atoms with E-state index in [-0.39, 0.29) is 5.41 Å². The van der Waals surface area contributed by atoms with Crippen molar-refractivity contribution in [2.75, 3.05) is 7.11 Å². The van der Waals surface area contributed by atoms with Crippen LogP contribution in [-0.4, -0.2) is 22.3 Å². The van der Waals surface area contributed by atoms with E-state index in [4.69, 9.17) is 10.5 Å². The van der Waals surface area contributed by atoms with Crippen molar-refractivity contribution >= 4 is 11.3 Å². The highest BCUT2D eigenvalue weighted by Crippen LogP contribution is 2.33. The molecule has 0 aliphatic carbocycles. The molecule has 0 fully saturated rings. The lowest BCUT2D eigenvalue weighted by molar-refractivity contribution is 0.392. The molecule has 0 aliphatic heterocycles. The van der Waals surface area contributed by atoms with Crippen LogP contribution in [0.1, 0.15) is 31.3 Å². The predicted molar refractivity (Wildman–Crippen MR) is 76.3 cm³/mol. The molecule has 2 rings (SSSR count). The number of methoxy groups -OCH3 is 1. The molecule has 0 saturated heterocycles. The first-order valence-electron chi connectivity index (χ1n) is 6.04. The van der Waals surface area contributed by atoms with Crippen LogP contribution in [0, 0.1) is 0 Å². The van der Waals surface area contributed by atoms with Crippen molar-refractivity contribution in [3.05, 3.63) is 22.7 Å². The first kappa shape index (κ1) is 13.9. The van der Waals surface area contributed by atoms with E-state index < -0.39 is 0 Å². The molecule has 0 atom stereocenters. The van der Waals surface area contributed by atoms with Crippen molar-refractivity contribution in [1.29, 1.82) is 0 Å². The summed E-state index contributed by atoms with van der Waals surface area (Å²) >= 11 is 1.57. The van der Waals surface area contributed by atoms with E-state index in [1.165, 1.54) is 0 Å². The largest absolute Gasteiger partial charge is 0.480 e. The summed E-state index contributed by atoms with van der Waals surface area (Å²) in [5.74, 6) is 0.496. The van der Waals surface area contributed by atoms with Gasteiger partial charge in [0.25, 0.3) is 0 Å². The summed E-state index contributed by atoms with van der Waals surface area (Å²) in [6.07, 6.45) is 0. The van der Waals surface area contributed by atoms with E-state index in [2.05, 4.69) is 36.0 Å². The minimum Gasteiger partial charge on any atom is -0.480 e. The fourth-order valence-corrected chi connectivity index (χ4v) is 2.84. The second kappa shape index (κ2) is 5.22. The molecule has 0 aromatic carbocycles. The Kier molecular flexibility index (Phi) is 3.82. The van der Waals surface area contributed by atoms with Gasteiger partial charge in [-0.3, -0.25) is 0 Å². The maximum atomic E-state index is 5.80. The topological polar surface area (TPSA) is 73.9 Å². The molecule has 2 aromatic rings. The number of hydrogen-bond donors (Lipinski definition) is 1. The third-order valence-electron chi connectivity index (χ3n) is 2.66. The van der Waals surface area contributed by atoms with Gasteiger partial charge in [0, 0.05) is 22.9 Å². The zero-order valence-electron chi connectivity index (χ0n) is 11.6. The molecule has 0 amide bonds. The number of aromatic nitrogens is 3. The Bertz CT molecular complexity index is 557. The van der Waals surface area contributed by atoms with Gasteiger partial charge in [0.15, 0.2) is 0 Å². The third kappa shape index (κ3) is 2.90. The molecule has 0 spiro atoms. The summed E-state index contributed by atoms with van der Waals surface area (Å²) in [5.41, 5.74) is 7.56. The van der Waals surface area contributed by atoms with Crippen LogP contribution in [0.25, 0.3) is 10.7 Å². The number of hydrogen-bond acceptors (Lipinski definition) is 6. The van der Waals surface area contributed by atoms with E-state index in [1.807, 2.05) is 6.07 Å². The Balaban J connectivity index is 2.42. The highest BCUT2D eigenvalue weighted by molar-refractivity contribution is 7.15. The molecular weight excluding hydrogens is 260 g/mol. The molecule has 0 unspecified atom stereocenters. The van der Waals surface area contributed by atoms with Crippen LogP contribution >= 0.6 is 11.3 Å². The Labute approximate surface area is 116 Å². The average molecular weight is 278 g/mol. The molecule has 0 bridgehead atoms. The number of rotatable bonds is 3. The van der Waals surface area contributed by atoms with Gasteiger partial charge in [0.2, 0.25) is 5.88 Å². The van der Waals surface area contributed by atoms with Crippen LogP contribution in [0.2, 0.25) is 0 Å². The van der Waals surface area contributed by atoms with E-state index in [9.17, 15) is 0 Å². The molecule has 0 aliphatic rings. The van der Waals surface area contributed by atoms with Crippen LogP contribution in [0.3, 0.4) is 0 Å². The zero-order chi connectivity index (χ0) is 14.0. The summed E-state index contributed by atoms with van der Waals surface area (Å²) in [7, 11) is 1.57. The molecule has 19 heavy (non-hydrogen) atoms. The standard InChI is InChI=1S/C13H18N4OS/c1-13(2,3)11-9(7-14)19-12(15-11)8-5-6-10(18-4)17-16-8/h5-6H,7,14H2,1-4H3. The van der Waals surface area contributed by atoms with E-state index in [1.54, 1.807) is 24.5 Å². The number of ether oxygens (including phenoxy) is 1. The molecule has 0 saturated carbocycles. The summed E-state index contributed by atoms with van der Waals surface area (Å²) in [4.78, 5) is 5.77. The van der Waals surface area contributed by atoms with Crippen LogP contribution in [0.5, 0.6) is 5.88 Å². The van der Waals surface area contributed by atoms with Gasteiger partial charge in [-0.05, 0) is 6.07 Å². The average Bonchev–Trinajstić information content (AvgIpc) is 2.83. The molecule has 2 aromatic heterocycles. The molecule has 5 nitrogen and oxygen atoms in total. The molecule has 0 radical (unpaired) electrons. The second-order valence-corrected chi connectivity index (χ2v) is 6.29. The monoisotopic (exact) mass is 278 g/mol. The summed E-state index contributed by atoms with van der Waals surface area (Å²) in [6, 6.07) is 3.64. The quantitative estimate of drug-likeness (QED) is 0.933. The van der Waals surface area contributed by atoms with Gasteiger partial charge >= 0.3 is 0 Å². The van der Waals surface area contributed by atoms with Gasteiger partial charge in [-0.1, -0.05) is 20.8 Å². The highest BCUT2D eigenvalue weighted by atomic mass is 32.1. The first-order valence-corrected chi connectivity index (χ1v) is 6.85. The van der Waals surface area contributed by atoms with Crippen molar-refractivity contribution < 1.29 is 4.74 Å². The van der Waals surface area contributed by atoms with Crippen molar-refractivity contribution in [1.82, 2.24) is 15.2 Å². The zero-order valence-corrected chi connectivity index (χ0v) is 12.4. The fourth-order valence-electron chi connectivity index (χ4n) is 1.73. The van der Waals surface area contributed by atoms with Crippen molar-refractivity contribution in [3.8, 4) is 16.6 Å². The highest BCUT2D eigenvalue weighted by Gasteiger charge is 2.23. The Morgan fingerprint density at radius 2 is 2.00 bits per heavy atom. The van der Waals surface area contributed by atoms with Gasteiger partial charge in [-0.15, -0.1) is 21.5 Å². The molecule has 102 valence electrons. The van der Waals surface area contributed by atoms with Gasteiger partial charge < -0.3 is 10.5 Å². The molecule has 2 heterocycles. The predicted octanol–water partition coefficient (Wildman–Crippen LogP) is 2.36. The molecular formula is C13H18N4OS. The summed E-state index contributed by atoms with van der Waals surface area (Å²) in [5, 5.41) is 8.93. The minimum atomic E-state index is -0.0245. The van der Waals surface area contributed by atoms with E-state index in [0.29, 0.717) is 12.4 Å². The van der Waals surface area contributed by atoms with Crippen molar-refractivity contribution in [2.24, 2.45) is 5.73 Å². The summed E-state index contributed by atoms with van der Waals surface area (Å²) < 4.78 is 5.00. The van der Waals surface area contributed by atoms with E-state index >= 15 is 0 Å². The lowest BCUT2D eigenvalue weighted by atomic mass is 9.91. The van der Waals surface area contributed by atoms with Gasteiger partial charge in [0.1, 0.15) is 10.7 Å². The van der Waals surface area contributed by atoms with Crippen LogP contribution < -0.4 is 10.5 Å². The van der Waals surface area contributed by atoms with Crippen LogP contribution in [0.4, 0.5) is 0 Å². The second-order valence-electron chi connectivity index (χ2n) is 5.21. The first-order chi connectivity index (χ1) is 8.95. The third-order valence-corrected chi connectivity index (χ3v) is 3.76. The molecule has 2 N–H and O–H groups in total. The fraction of sp³-hybridized carbons (Fsp3) is 0.462. The lowest BCUT2D eigenvalue weighted by Crippen LogP contribution is -2.15. The summed E-state index contributed by atoms with van der Waals surface area (Å²) in [6.45, 7) is 6.88. The van der Waals surface area contributed by atoms with Crippen LogP contribution in [0.15, 0.2) is 12.1 Å². The normalized spacial score (nSPS) is 11.6. The number of nitrogens with two attached hydrogens (primary N) is 1. The number of nitrogens with zero attached hydrogens (tertiary/aromatic N) is 3. The smallest absolute Gasteiger partial charge is 0.233 e. The Morgan fingerprint density at radius 3 is 2.42 bits per heavy atom. The molecule has 6 heteroatoms. The van der Waals surface area contributed by atoms with Crippen molar-refractivity contribution in [3.63, 3.8) is 0 Å². The van der Waals surface area contributed by atoms with Gasteiger partial charge in [-0.25, -0.2) is 4.98 Å². The van der Waals surface area contributed by atoms with Crippen LogP contribution in [-0.2, 0) is 12.0 Å². The van der Waals surface area contributed by atoms with E-state index in [0.717, 1.165) is 21.3 Å². The Morgan fingerprint density at radius 1 is 1.26 bits per heavy atom. The van der Waals surface area contributed by atoms with Crippen molar-refractivity contribution in [2.45, 2.75) is 32.7 Å². The lowest BCUT2D eigenvalue weighted by Gasteiger charge is -2.16. The maximum absolute atomic E-state index is 5.80. The maximum Gasteiger partial charge on any atom is 0.233 e. The Hall–Kier alpha value is -1.53. The minimum absolute atomic E-state index is 0.0245. The van der Waals surface area contributed by atoms with Gasteiger partial charge in [-0.2, -0.15) is 0 Å². The SMILES string of the molecule is COc1ccc(-c2nc(C(C)(C)C)c(CN)s2)nn1. The van der Waals surface area contributed by atoms with Gasteiger partial charge in [0.05, 0.1) is 12.8 Å².